The first kappa shape index (κ1) is 14.4. The lowest BCUT2D eigenvalue weighted by Crippen LogP contribution is -2.08. The quantitative estimate of drug-likeness (QED) is 0.793. The topological polar surface area (TPSA) is 80.7 Å². The molecule has 0 aliphatic rings. The van der Waals surface area contributed by atoms with Crippen molar-refractivity contribution in [3.63, 3.8) is 0 Å². The second kappa shape index (κ2) is 5.81. The van der Waals surface area contributed by atoms with E-state index in [1.807, 2.05) is 0 Å². The van der Waals surface area contributed by atoms with Crippen LogP contribution in [-0.4, -0.2) is 38.1 Å². The molecule has 0 radical (unpaired) electrons. The van der Waals surface area contributed by atoms with Crippen LogP contribution in [0.4, 0.5) is 4.39 Å². The number of ether oxygens (including phenoxy) is 1. The molecule has 0 saturated heterocycles. The Labute approximate surface area is 104 Å². The van der Waals surface area contributed by atoms with Crippen LogP contribution in [0.2, 0.25) is 0 Å². The maximum absolute atomic E-state index is 13.4. The van der Waals surface area contributed by atoms with E-state index < -0.39 is 21.6 Å². The van der Waals surface area contributed by atoms with Crippen molar-refractivity contribution in [2.75, 3.05) is 18.6 Å². The number of halogens is 1. The number of benzene rings is 1. The van der Waals surface area contributed by atoms with Gasteiger partial charge in [-0.2, -0.15) is 0 Å². The van der Waals surface area contributed by atoms with Crippen LogP contribution in [0.1, 0.15) is 16.8 Å². The first-order chi connectivity index (χ1) is 8.29. The van der Waals surface area contributed by atoms with Crippen LogP contribution in [0, 0.1) is 5.82 Å². The van der Waals surface area contributed by atoms with Crippen molar-refractivity contribution in [1.29, 1.82) is 0 Å². The fourth-order valence-electron chi connectivity index (χ4n) is 1.25. The Balaban J connectivity index is 2.56. The largest absolute Gasteiger partial charge is 0.490 e. The molecule has 1 aromatic carbocycles. The molecule has 5 nitrogen and oxygen atoms in total. The lowest BCUT2D eigenvalue weighted by molar-refractivity contribution is 0.0696. The second-order valence-electron chi connectivity index (χ2n) is 3.78. The Morgan fingerprint density at radius 3 is 2.61 bits per heavy atom. The first-order valence-corrected chi connectivity index (χ1v) is 7.19. The molecule has 0 fully saturated rings. The number of carboxylic acid groups (broad SMARTS) is 1. The molecule has 100 valence electrons. The molecule has 1 rings (SSSR count). The van der Waals surface area contributed by atoms with Gasteiger partial charge in [-0.3, -0.25) is 0 Å². The van der Waals surface area contributed by atoms with E-state index in [0.717, 1.165) is 12.3 Å². The van der Waals surface area contributed by atoms with Crippen molar-refractivity contribution in [3.8, 4) is 5.75 Å². The lowest BCUT2D eigenvalue weighted by Gasteiger charge is -2.07. The SMILES string of the molecule is CS(=O)(=O)CCCOc1ccc(C(=O)O)cc1F. The van der Waals surface area contributed by atoms with E-state index in [9.17, 15) is 17.6 Å². The third kappa shape index (κ3) is 4.70. The number of aromatic carboxylic acids is 1. The van der Waals surface area contributed by atoms with Gasteiger partial charge in [-0.05, 0) is 24.6 Å². The Hall–Kier alpha value is -1.63. The normalized spacial score (nSPS) is 11.2. The molecule has 1 aromatic rings. The smallest absolute Gasteiger partial charge is 0.335 e. The van der Waals surface area contributed by atoms with Gasteiger partial charge in [0.2, 0.25) is 0 Å². The molecule has 0 amide bonds. The highest BCUT2D eigenvalue weighted by Crippen LogP contribution is 2.18. The van der Waals surface area contributed by atoms with Crippen LogP contribution in [0.5, 0.6) is 5.75 Å². The van der Waals surface area contributed by atoms with Crippen LogP contribution >= 0.6 is 0 Å². The summed E-state index contributed by atoms with van der Waals surface area (Å²) < 4.78 is 40.1. The summed E-state index contributed by atoms with van der Waals surface area (Å²) in [4.78, 5) is 10.6. The van der Waals surface area contributed by atoms with Crippen LogP contribution in [0.25, 0.3) is 0 Å². The van der Waals surface area contributed by atoms with Crippen LogP contribution in [0.15, 0.2) is 18.2 Å². The van der Waals surface area contributed by atoms with E-state index in [1.54, 1.807) is 0 Å². The zero-order valence-corrected chi connectivity index (χ0v) is 10.5. The molecule has 1 N–H and O–H groups in total. The van der Waals surface area contributed by atoms with Gasteiger partial charge < -0.3 is 9.84 Å². The van der Waals surface area contributed by atoms with E-state index in [0.29, 0.717) is 0 Å². The van der Waals surface area contributed by atoms with Crippen molar-refractivity contribution in [3.05, 3.63) is 29.6 Å². The first-order valence-electron chi connectivity index (χ1n) is 5.13. The average Bonchev–Trinajstić information content (AvgIpc) is 2.24. The predicted molar refractivity (Wildman–Crippen MR) is 63.2 cm³/mol. The Bertz CT molecular complexity index is 538. The van der Waals surface area contributed by atoms with Crippen molar-refractivity contribution >= 4 is 15.8 Å². The van der Waals surface area contributed by atoms with Crippen molar-refractivity contribution in [2.45, 2.75) is 6.42 Å². The van der Waals surface area contributed by atoms with Gasteiger partial charge in [-0.1, -0.05) is 0 Å². The highest BCUT2D eigenvalue weighted by molar-refractivity contribution is 7.90. The number of carboxylic acids is 1. The van der Waals surface area contributed by atoms with E-state index in [-0.39, 0.29) is 30.1 Å². The number of hydrogen-bond acceptors (Lipinski definition) is 4. The molecule has 0 heterocycles. The van der Waals surface area contributed by atoms with E-state index in [4.69, 9.17) is 9.84 Å². The maximum Gasteiger partial charge on any atom is 0.335 e. The zero-order valence-electron chi connectivity index (χ0n) is 9.72. The second-order valence-corrected chi connectivity index (χ2v) is 6.04. The molecule has 0 aliphatic heterocycles. The molecule has 7 heteroatoms. The van der Waals surface area contributed by atoms with E-state index in [2.05, 4.69) is 0 Å². The van der Waals surface area contributed by atoms with Gasteiger partial charge in [0.25, 0.3) is 0 Å². The Morgan fingerprint density at radius 2 is 2.11 bits per heavy atom. The number of carbonyl (C=O) groups is 1. The summed E-state index contributed by atoms with van der Waals surface area (Å²) >= 11 is 0. The molecule has 0 atom stereocenters. The number of sulfone groups is 1. The van der Waals surface area contributed by atoms with Gasteiger partial charge in [0.1, 0.15) is 9.84 Å². The minimum absolute atomic E-state index is 0.0399. The van der Waals surface area contributed by atoms with E-state index >= 15 is 0 Å². The molecule has 18 heavy (non-hydrogen) atoms. The fraction of sp³-hybridized carbons (Fsp3) is 0.364. The fourth-order valence-corrected chi connectivity index (χ4v) is 1.90. The highest BCUT2D eigenvalue weighted by Gasteiger charge is 2.09. The summed E-state index contributed by atoms with van der Waals surface area (Å²) in [5, 5.41) is 8.63. The molecular formula is C11H13FO5S. The molecule has 0 unspecified atom stereocenters. The molecule has 0 aliphatic carbocycles. The summed E-state index contributed by atoms with van der Waals surface area (Å²) in [6.45, 7) is 0.0520. The van der Waals surface area contributed by atoms with Crippen LogP contribution in [0.3, 0.4) is 0 Å². The average molecular weight is 276 g/mol. The monoisotopic (exact) mass is 276 g/mol. The molecule has 0 saturated carbocycles. The number of rotatable bonds is 6. The summed E-state index contributed by atoms with van der Waals surface area (Å²) in [5.74, 6) is -2.14. The van der Waals surface area contributed by atoms with E-state index in [1.165, 1.54) is 12.1 Å². The van der Waals surface area contributed by atoms with Crippen molar-refractivity contribution < 1.29 is 27.4 Å². The molecular weight excluding hydrogens is 263 g/mol. The minimum Gasteiger partial charge on any atom is -0.490 e. The van der Waals surface area contributed by atoms with Gasteiger partial charge in [-0.25, -0.2) is 17.6 Å². The van der Waals surface area contributed by atoms with Gasteiger partial charge in [0.05, 0.1) is 17.9 Å². The lowest BCUT2D eigenvalue weighted by atomic mass is 10.2. The Morgan fingerprint density at radius 1 is 1.44 bits per heavy atom. The van der Waals surface area contributed by atoms with Gasteiger partial charge in [-0.15, -0.1) is 0 Å². The molecule has 0 spiro atoms. The molecule has 0 aromatic heterocycles. The minimum atomic E-state index is -3.06. The van der Waals surface area contributed by atoms with Crippen molar-refractivity contribution in [1.82, 2.24) is 0 Å². The standard InChI is InChI=1S/C11H13FO5S/c1-18(15,16)6-2-5-17-10-4-3-8(11(13)14)7-9(10)12/h3-4,7H,2,5-6H2,1H3,(H,13,14). The Kier molecular flexibility index (Phi) is 4.66. The summed E-state index contributed by atoms with van der Waals surface area (Å²) in [5.41, 5.74) is -0.170. The summed E-state index contributed by atoms with van der Waals surface area (Å²) in [6.07, 6.45) is 1.36. The van der Waals surface area contributed by atoms with Gasteiger partial charge in [0.15, 0.2) is 11.6 Å². The number of hydrogen-bond donors (Lipinski definition) is 1. The molecule has 0 bridgehead atoms. The summed E-state index contributed by atoms with van der Waals surface area (Å²) in [6, 6.07) is 3.28. The summed E-state index contributed by atoms with van der Waals surface area (Å²) in [7, 11) is -3.06. The predicted octanol–water partition coefficient (Wildman–Crippen LogP) is 1.34. The maximum atomic E-state index is 13.4. The zero-order chi connectivity index (χ0) is 13.8. The third-order valence-corrected chi connectivity index (χ3v) is 3.13. The highest BCUT2D eigenvalue weighted by atomic mass is 32.2. The third-order valence-electron chi connectivity index (χ3n) is 2.10. The van der Waals surface area contributed by atoms with Gasteiger partial charge >= 0.3 is 5.97 Å². The van der Waals surface area contributed by atoms with Crippen LogP contribution in [-0.2, 0) is 9.84 Å². The van der Waals surface area contributed by atoms with Crippen molar-refractivity contribution in [2.24, 2.45) is 0 Å². The van der Waals surface area contributed by atoms with Gasteiger partial charge in [0, 0.05) is 6.26 Å². The van der Waals surface area contributed by atoms with Crippen LogP contribution < -0.4 is 4.74 Å².